The number of pyridine rings is 1. The molecule has 2 rings (SSSR count). The predicted octanol–water partition coefficient (Wildman–Crippen LogP) is 2.52. The molecule has 1 saturated heterocycles. The van der Waals surface area contributed by atoms with Gasteiger partial charge in [-0.05, 0) is 25.3 Å². The highest BCUT2D eigenvalue weighted by Crippen LogP contribution is 2.26. The number of nitrogens with zero attached hydrogens (tertiary/aromatic N) is 2. The molecule has 0 bridgehead atoms. The van der Waals surface area contributed by atoms with Crippen LogP contribution in [0.2, 0.25) is 0 Å². The molecule has 1 aromatic rings. The summed E-state index contributed by atoms with van der Waals surface area (Å²) in [5, 5.41) is 3.61. The lowest BCUT2D eigenvalue weighted by molar-refractivity contribution is 0.00926. The van der Waals surface area contributed by atoms with Gasteiger partial charge in [-0.2, -0.15) is 0 Å². The molecule has 18 heavy (non-hydrogen) atoms. The molecule has 100 valence electrons. The highest BCUT2D eigenvalue weighted by molar-refractivity contribution is 5.68. The van der Waals surface area contributed by atoms with Crippen LogP contribution in [0.5, 0.6) is 0 Å². The topological polar surface area (TPSA) is 37.4 Å². The predicted molar refractivity (Wildman–Crippen MR) is 75.2 cm³/mol. The van der Waals surface area contributed by atoms with Gasteiger partial charge in [0.1, 0.15) is 0 Å². The van der Waals surface area contributed by atoms with Gasteiger partial charge in [-0.15, -0.1) is 0 Å². The number of hydrogen-bond acceptors (Lipinski definition) is 4. The van der Waals surface area contributed by atoms with Gasteiger partial charge in [0.25, 0.3) is 0 Å². The second-order valence-electron chi connectivity index (χ2n) is 5.05. The van der Waals surface area contributed by atoms with E-state index in [4.69, 9.17) is 4.74 Å². The number of hydrogen-bond donors (Lipinski definition) is 1. The molecule has 0 aliphatic carbocycles. The largest absolute Gasteiger partial charge is 0.379 e. The second kappa shape index (κ2) is 6.05. The summed E-state index contributed by atoms with van der Waals surface area (Å²) in [7, 11) is 4.11. The molecule has 2 heterocycles. The summed E-state index contributed by atoms with van der Waals surface area (Å²) in [6, 6.07) is 2.53. The molecule has 2 unspecified atom stereocenters. The van der Waals surface area contributed by atoms with Gasteiger partial charge in [-0.3, -0.25) is 4.98 Å². The Labute approximate surface area is 109 Å². The standard InChI is InChI=1S/C14H23N3O/c1-4-12-9-11(6-8-18-12)16-13-10-15-7-5-14(13)17(2)3/h5,7,10-12,16H,4,6,8-9H2,1-3H3. The molecule has 1 N–H and O–H groups in total. The molecule has 1 aromatic heterocycles. The van der Waals surface area contributed by atoms with Gasteiger partial charge in [0.05, 0.1) is 23.7 Å². The highest BCUT2D eigenvalue weighted by Gasteiger charge is 2.21. The van der Waals surface area contributed by atoms with Gasteiger partial charge in [0.2, 0.25) is 0 Å². The normalized spacial score (nSPS) is 23.7. The molecule has 4 nitrogen and oxygen atoms in total. The minimum absolute atomic E-state index is 0.399. The Morgan fingerprint density at radius 3 is 3.06 bits per heavy atom. The quantitative estimate of drug-likeness (QED) is 0.889. The summed E-state index contributed by atoms with van der Waals surface area (Å²) in [4.78, 5) is 6.32. The summed E-state index contributed by atoms with van der Waals surface area (Å²) in [6.45, 7) is 3.04. The van der Waals surface area contributed by atoms with Crippen molar-refractivity contribution in [3.8, 4) is 0 Å². The van der Waals surface area contributed by atoms with E-state index in [2.05, 4.69) is 36.2 Å². The van der Waals surface area contributed by atoms with Crippen molar-refractivity contribution in [1.82, 2.24) is 4.98 Å². The van der Waals surface area contributed by atoms with Crippen LogP contribution in [0.3, 0.4) is 0 Å². The zero-order chi connectivity index (χ0) is 13.0. The van der Waals surface area contributed by atoms with Crippen molar-refractivity contribution in [1.29, 1.82) is 0 Å². The van der Waals surface area contributed by atoms with E-state index in [9.17, 15) is 0 Å². The van der Waals surface area contributed by atoms with Crippen LogP contribution in [0.4, 0.5) is 11.4 Å². The molecule has 0 amide bonds. The Balaban J connectivity index is 2.04. The molecule has 4 heteroatoms. The third-order valence-corrected chi connectivity index (χ3v) is 3.46. The molecule has 1 fully saturated rings. The van der Waals surface area contributed by atoms with Crippen LogP contribution in [0.1, 0.15) is 26.2 Å². The van der Waals surface area contributed by atoms with Gasteiger partial charge >= 0.3 is 0 Å². The number of nitrogens with one attached hydrogen (secondary N) is 1. The van der Waals surface area contributed by atoms with Gasteiger partial charge in [-0.25, -0.2) is 0 Å². The van der Waals surface area contributed by atoms with E-state index in [-0.39, 0.29) is 0 Å². The van der Waals surface area contributed by atoms with Crippen molar-refractivity contribution in [3.63, 3.8) is 0 Å². The van der Waals surface area contributed by atoms with Crippen LogP contribution in [0.25, 0.3) is 0 Å². The first-order valence-electron chi connectivity index (χ1n) is 6.70. The van der Waals surface area contributed by atoms with E-state index in [0.717, 1.165) is 31.6 Å². The number of aromatic nitrogens is 1. The van der Waals surface area contributed by atoms with Crippen molar-refractivity contribution in [2.45, 2.75) is 38.3 Å². The summed E-state index contributed by atoms with van der Waals surface area (Å²) in [6.07, 6.45) is 7.38. The average molecular weight is 249 g/mol. The van der Waals surface area contributed by atoms with Crippen LogP contribution in [-0.2, 0) is 4.74 Å². The Kier molecular flexibility index (Phi) is 4.42. The van der Waals surface area contributed by atoms with Crippen LogP contribution < -0.4 is 10.2 Å². The summed E-state index contributed by atoms with van der Waals surface area (Å²) < 4.78 is 5.71. The molecule has 1 aliphatic rings. The molecule has 0 aromatic carbocycles. The molecule has 0 spiro atoms. The van der Waals surface area contributed by atoms with Crippen molar-refractivity contribution in [3.05, 3.63) is 18.5 Å². The molecular weight excluding hydrogens is 226 g/mol. The smallest absolute Gasteiger partial charge is 0.0766 e. The molecule has 2 atom stereocenters. The van der Waals surface area contributed by atoms with E-state index in [1.54, 1.807) is 0 Å². The third kappa shape index (κ3) is 3.13. The molecule has 0 radical (unpaired) electrons. The Bertz CT molecular complexity index is 381. The van der Waals surface area contributed by atoms with E-state index in [1.165, 1.54) is 5.69 Å². The van der Waals surface area contributed by atoms with E-state index in [1.807, 2.05) is 18.5 Å². The van der Waals surface area contributed by atoms with Gasteiger partial charge in [-0.1, -0.05) is 6.92 Å². The van der Waals surface area contributed by atoms with Crippen LogP contribution in [0, 0.1) is 0 Å². The maximum atomic E-state index is 5.71. The zero-order valence-corrected chi connectivity index (χ0v) is 11.5. The second-order valence-corrected chi connectivity index (χ2v) is 5.05. The summed E-state index contributed by atoms with van der Waals surface area (Å²) >= 11 is 0. The fraction of sp³-hybridized carbons (Fsp3) is 0.643. The maximum Gasteiger partial charge on any atom is 0.0766 e. The minimum Gasteiger partial charge on any atom is -0.379 e. The fourth-order valence-electron chi connectivity index (χ4n) is 2.40. The first-order chi connectivity index (χ1) is 8.70. The average Bonchev–Trinajstić information content (AvgIpc) is 2.39. The van der Waals surface area contributed by atoms with E-state index >= 15 is 0 Å². The Hall–Kier alpha value is -1.29. The van der Waals surface area contributed by atoms with Gasteiger partial charge in [0.15, 0.2) is 0 Å². The van der Waals surface area contributed by atoms with Crippen molar-refractivity contribution in [2.75, 3.05) is 30.9 Å². The first-order valence-corrected chi connectivity index (χ1v) is 6.70. The van der Waals surface area contributed by atoms with Crippen molar-refractivity contribution in [2.24, 2.45) is 0 Å². The lowest BCUT2D eigenvalue weighted by Gasteiger charge is -2.31. The van der Waals surface area contributed by atoms with Gasteiger partial charge in [0, 0.05) is 32.9 Å². The molecule has 1 aliphatic heterocycles. The molecule has 0 saturated carbocycles. The Morgan fingerprint density at radius 1 is 1.50 bits per heavy atom. The monoisotopic (exact) mass is 249 g/mol. The van der Waals surface area contributed by atoms with Crippen LogP contribution in [0.15, 0.2) is 18.5 Å². The zero-order valence-electron chi connectivity index (χ0n) is 11.5. The lowest BCUT2D eigenvalue weighted by atomic mass is 10.0. The van der Waals surface area contributed by atoms with Crippen molar-refractivity contribution < 1.29 is 4.74 Å². The fourth-order valence-corrected chi connectivity index (χ4v) is 2.40. The van der Waals surface area contributed by atoms with Crippen molar-refractivity contribution >= 4 is 11.4 Å². The third-order valence-electron chi connectivity index (χ3n) is 3.46. The van der Waals surface area contributed by atoms with Crippen LogP contribution >= 0.6 is 0 Å². The SMILES string of the molecule is CCC1CC(Nc2cnccc2N(C)C)CCO1. The van der Waals surface area contributed by atoms with Crippen LogP contribution in [-0.4, -0.2) is 37.8 Å². The summed E-state index contributed by atoms with van der Waals surface area (Å²) in [5.41, 5.74) is 2.30. The lowest BCUT2D eigenvalue weighted by Crippen LogP contribution is -2.34. The number of rotatable bonds is 4. The number of anilines is 2. The maximum absolute atomic E-state index is 5.71. The summed E-state index contributed by atoms with van der Waals surface area (Å²) in [5.74, 6) is 0. The molecular formula is C14H23N3O. The van der Waals surface area contributed by atoms with E-state index < -0.39 is 0 Å². The minimum atomic E-state index is 0.399. The highest BCUT2D eigenvalue weighted by atomic mass is 16.5. The van der Waals surface area contributed by atoms with Gasteiger partial charge < -0.3 is 15.0 Å². The Morgan fingerprint density at radius 2 is 2.33 bits per heavy atom. The first kappa shape index (κ1) is 13.1. The number of ether oxygens (including phenoxy) is 1. The van der Waals surface area contributed by atoms with E-state index in [0.29, 0.717) is 12.1 Å².